The Kier molecular flexibility index (Phi) is 8.03. The number of ether oxygens (including phenoxy) is 1. The van der Waals surface area contributed by atoms with Crippen LogP contribution in [0, 0.1) is 0 Å². The van der Waals surface area contributed by atoms with Crippen molar-refractivity contribution >= 4 is 54.6 Å². The summed E-state index contributed by atoms with van der Waals surface area (Å²) in [5, 5.41) is 2.92. The van der Waals surface area contributed by atoms with Crippen molar-refractivity contribution in [3.63, 3.8) is 0 Å². The van der Waals surface area contributed by atoms with Crippen LogP contribution in [0.4, 0.5) is 30.2 Å². The van der Waals surface area contributed by atoms with Crippen molar-refractivity contribution in [2.45, 2.75) is 22.1 Å². The van der Waals surface area contributed by atoms with Crippen LogP contribution in [-0.2, 0) is 31.0 Å². The number of rotatable bonds is 7. The summed E-state index contributed by atoms with van der Waals surface area (Å²) in [7, 11) is -8.38. The van der Waals surface area contributed by atoms with E-state index in [1.807, 2.05) is 0 Å². The van der Waals surface area contributed by atoms with E-state index < -0.39 is 43.8 Å². The van der Waals surface area contributed by atoms with E-state index in [-0.39, 0.29) is 39.1 Å². The lowest BCUT2D eigenvalue weighted by Gasteiger charge is -2.34. The number of fused-ring (bicyclic) bond motifs is 1. The number of halogens is 4. The van der Waals surface area contributed by atoms with Crippen LogP contribution in [0.1, 0.15) is 5.56 Å². The summed E-state index contributed by atoms with van der Waals surface area (Å²) in [6, 6.07) is 20.5. The number of nitrogens with zero attached hydrogens (tertiary/aromatic N) is 1. The first-order chi connectivity index (χ1) is 20.2. The normalized spacial score (nSPS) is 15.3. The number of anilines is 3. The lowest BCUT2D eigenvalue weighted by Crippen LogP contribution is -2.48. The Bertz CT molecular complexity index is 1890. The molecule has 0 aromatic heterocycles. The van der Waals surface area contributed by atoms with E-state index >= 15 is 0 Å². The molecule has 224 valence electrons. The van der Waals surface area contributed by atoms with E-state index in [0.717, 1.165) is 28.6 Å². The van der Waals surface area contributed by atoms with Gasteiger partial charge in [0, 0.05) is 16.4 Å². The van der Waals surface area contributed by atoms with E-state index in [1.165, 1.54) is 48.5 Å². The third-order valence-electron chi connectivity index (χ3n) is 6.30. The Hall–Kier alpha value is -4.27. The molecule has 0 saturated heterocycles. The minimum atomic E-state index is -4.65. The summed E-state index contributed by atoms with van der Waals surface area (Å²) in [5.74, 6) is -0.544. The van der Waals surface area contributed by atoms with Gasteiger partial charge in [0.1, 0.15) is 5.75 Å². The van der Waals surface area contributed by atoms with E-state index in [4.69, 9.17) is 16.3 Å². The van der Waals surface area contributed by atoms with Crippen molar-refractivity contribution < 1.29 is 39.5 Å². The molecule has 4 aromatic carbocycles. The Balaban J connectivity index is 1.32. The predicted octanol–water partition coefficient (Wildman–Crippen LogP) is 5.75. The number of sulfonamides is 2. The quantitative estimate of drug-likeness (QED) is 0.262. The molecule has 0 spiro atoms. The fraction of sp³-hybridized carbons (Fsp3) is 0.107. The highest BCUT2D eigenvalue weighted by Crippen LogP contribution is 2.37. The van der Waals surface area contributed by atoms with Gasteiger partial charge in [-0.3, -0.25) is 13.8 Å². The van der Waals surface area contributed by atoms with Crippen molar-refractivity contribution in [3.05, 3.63) is 108 Å². The van der Waals surface area contributed by atoms with Crippen LogP contribution < -0.4 is 19.1 Å². The molecule has 1 heterocycles. The molecule has 1 atom stereocenters. The van der Waals surface area contributed by atoms with E-state index in [1.54, 1.807) is 18.2 Å². The molecule has 1 aliphatic heterocycles. The van der Waals surface area contributed by atoms with Gasteiger partial charge < -0.3 is 10.1 Å². The monoisotopic (exact) mass is 651 g/mol. The molecule has 4 aromatic rings. The molecule has 5 rings (SSSR count). The van der Waals surface area contributed by atoms with Crippen molar-refractivity contribution in [2.75, 3.05) is 20.9 Å². The van der Waals surface area contributed by atoms with Gasteiger partial charge in [-0.2, -0.15) is 13.2 Å². The molecule has 2 N–H and O–H groups in total. The second-order valence-electron chi connectivity index (χ2n) is 9.26. The molecule has 15 heteroatoms. The molecule has 0 aliphatic carbocycles. The Morgan fingerprint density at radius 1 is 0.837 bits per heavy atom. The van der Waals surface area contributed by atoms with E-state index in [9.17, 15) is 34.8 Å². The summed E-state index contributed by atoms with van der Waals surface area (Å²) in [6.07, 6.45) is -5.93. The zero-order valence-corrected chi connectivity index (χ0v) is 24.1. The summed E-state index contributed by atoms with van der Waals surface area (Å²) < 4.78 is 100. The fourth-order valence-electron chi connectivity index (χ4n) is 4.21. The van der Waals surface area contributed by atoms with Crippen molar-refractivity contribution in [3.8, 4) is 5.75 Å². The summed E-state index contributed by atoms with van der Waals surface area (Å²) in [6.45, 7) is -0.360. The molecular formula is C28H21ClF3N3O6S2. The minimum Gasteiger partial charge on any atom is -0.476 e. The number of alkyl halides is 3. The lowest BCUT2D eigenvalue weighted by molar-refractivity contribution is -0.137. The minimum absolute atomic E-state index is 0.0386. The van der Waals surface area contributed by atoms with Gasteiger partial charge in [0.2, 0.25) is 0 Å². The first kappa shape index (κ1) is 30.2. The molecule has 0 unspecified atom stereocenters. The molecule has 1 aliphatic rings. The van der Waals surface area contributed by atoms with E-state index in [2.05, 4.69) is 10.0 Å². The maximum Gasteiger partial charge on any atom is 0.416 e. The first-order valence-electron chi connectivity index (χ1n) is 12.4. The lowest BCUT2D eigenvalue weighted by atomic mass is 10.2. The summed E-state index contributed by atoms with van der Waals surface area (Å²) in [4.78, 5) is 12.9. The van der Waals surface area contributed by atoms with Crippen LogP contribution in [0.5, 0.6) is 5.75 Å². The van der Waals surface area contributed by atoms with Crippen LogP contribution in [-0.4, -0.2) is 35.4 Å². The number of amides is 1. The Morgan fingerprint density at radius 3 is 2.16 bits per heavy atom. The van der Waals surface area contributed by atoms with Gasteiger partial charge in [-0.05, 0) is 78.9 Å². The smallest absolute Gasteiger partial charge is 0.416 e. The average molecular weight is 652 g/mol. The Labute approximate surface area is 250 Å². The van der Waals surface area contributed by atoms with Crippen LogP contribution >= 0.6 is 11.6 Å². The zero-order chi connectivity index (χ0) is 31.0. The van der Waals surface area contributed by atoms with Crippen LogP contribution in [0.3, 0.4) is 0 Å². The highest BCUT2D eigenvalue weighted by molar-refractivity contribution is 7.93. The molecule has 0 fully saturated rings. The number of nitrogens with one attached hydrogen (secondary N) is 2. The van der Waals surface area contributed by atoms with E-state index in [0.29, 0.717) is 11.1 Å². The second-order valence-corrected chi connectivity index (χ2v) is 13.2. The van der Waals surface area contributed by atoms with Crippen LogP contribution in [0.2, 0.25) is 5.02 Å². The largest absolute Gasteiger partial charge is 0.476 e. The first-order valence-corrected chi connectivity index (χ1v) is 15.7. The summed E-state index contributed by atoms with van der Waals surface area (Å²) >= 11 is 5.91. The van der Waals surface area contributed by atoms with Gasteiger partial charge in [-0.1, -0.05) is 29.8 Å². The maximum absolute atomic E-state index is 13.5. The molecular weight excluding hydrogens is 631 g/mol. The number of para-hydroxylation sites is 2. The number of carbonyl (C=O) groups excluding carboxylic acids is 1. The fourth-order valence-corrected chi connectivity index (χ4v) is 6.86. The van der Waals surface area contributed by atoms with Crippen molar-refractivity contribution in [1.82, 2.24) is 0 Å². The maximum atomic E-state index is 13.5. The predicted molar refractivity (Wildman–Crippen MR) is 154 cm³/mol. The van der Waals surface area contributed by atoms with Gasteiger partial charge in [0.05, 0.1) is 27.6 Å². The van der Waals surface area contributed by atoms with Gasteiger partial charge in [0.15, 0.2) is 6.10 Å². The standard InChI is InChI=1S/C28H21ClF3N3O6S2/c29-19-8-12-23(13-9-19)43(39,40)35-17-26(41-25-7-2-1-6-24(25)35)27(36)33-20-10-14-22(15-11-20)42(37,38)34-21-5-3-4-18(16-21)28(30,31)32/h1-16,26,34H,17H2,(H,33,36)/t26-/m0/s1. The molecule has 1 amide bonds. The van der Waals surface area contributed by atoms with Crippen molar-refractivity contribution in [2.24, 2.45) is 0 Å². The number of benzene rings is 4. The third kappa shape index (κ3) is 6.55. The highest BCUT2D eigenvalue weighted by atomic mass is 35.5. The van der Waals surface area contributed by atoms with Gasteiger partial charge in [-0.25, -0.2) is 16.8 Å². The van der Waals surface area contributed by atoms with Gasteiger partial charge in [-0.15, -0.1) is 0 Å². The Morgan fingerprint density at radius 2 is 1.49 bits per heavy atom. The second kappa shape index (κ2) is 11.4. The average Bonchev–Trinajstić information content (AvgIpc) is 2.96. The summed E-state index contributed by atoms with van der Waals surface area (Å²) in [5.41, 5.74) is -0.889. The molecule has 9 nitrogen and oxygen atoms in total. The van der Waals surface area contributed by atoms with Gasteiger partial charge >= 0.3 is 6.18 Å². The third-order valence-corrected chi connectivity index (χ3v) is 9.75. The van der Waals surface area contributed by atoms with Crippen molar-refractivity contribution in [1.29, 1.82) is 0 Å². The SMILES string of the molecule is O=C(Nc1ccc(S(=O)(=O)Nc2cccc(C(F)(F)F)c2)cc1)[C@@H]1CN(S(=O)(=O)c2ccc(Cl)cc2)c2ccccc2O1. The zero-order valence-electron chi connectivity index (χ0n) is 21.7. The van der Waals surface area contributed by atoms with Crippen LogP contribution in [0.15, 0.2) is 107 Å². The number of hydrogen-bond acceptors (Lipinski definition) is 6. The topological polar surface area (TPSA) is 122 Å². The highest BCUT2D eigenvalue weighted by Gasteiger charge is 2.37. The van der Waals surface area contributed by atoms with Gasteiger partial charge in [0.25, 0.3) is 26.0 Å². The number of hydrogen-bond donors (Lipinski definition) is 2. The molecule has 0 bridgehead atoms. The number of carbonyl (C=O) groups is 1. The molecule has 0 saturated carbocycles. The van der Waals surface area contributed by atoms with Crippen LogP contribution in [0.25, 0.3) is 0 Å². The molecule has 0 radical (unpaired) electrons. The molecule has 43 heavy (non-hydrogen) atoms.